The van der Waals surface area contributed by atoms with Crippen molar-refractivity contribution in [2.24, 2.45) is 0 Å². The second kappa shape index (κ2) is 10.4. The molecule has 0 saturated carbocycles. The quantitative estimate of drug-likeness (QED) is 0.205. The van der Waals surface area contributed by atoms with E-state index in [1.165, 1.54) is 0 Å². The van der Waals surface area contributed by atoms with Gasteiger partial charge in [-0.2, -0.15) is 25.3 Å². The SMILES string of the molecule is CC1=C(CCC(=O)O)c2cc3cc(C)c(cc4[nH]c(cc5nc(cc1n2)C(C)=C5[C@H](C)S)c(C)c4[C@H](C)S)[nH]3. The third-order valence-electron chi connectivity index (χ3n) is 7.70. The van der Waals surface area contributed by atoms with E-state index in [2.05, 4.69) is 62.8 Å². The standard InChI is InChI=1S/C31H34N4O2S2/c1-14-9-20-10-26-21(7-8-29(36)37)15(2)23(33-26)12-24-16(3)31(19(6)39)28(34-24)13-25-17(4)30(18(5)38)27(35-25)11-22(14)32-20/h9-13,18-19,32,35,38-39H,7-8H2,1-6H3,(H,36,37)/t18-,19-/m0/s1. The van der Waals surface area contributed by atoms with E-state index < -0.39 is 5.97 Å². The number of H-pyrrole nitrogens is 2. The van der Waals surface area contributed by atoms with Crippen LogP contribution in [0.5, 0.6) is 0 Å². The van der Waals surface area contributed by atoms with Crippen LogP contribution >= 0.6 is 25.3 Å². The number of hydrogen-bond donors (Lipinski definition) is 5. The van der Waals surface area contributed by atoms with Crippen molar-refractivity contribution in [2.75, 3.05) is 0 Å². The van der Waals surface area contributed by atoms with E-state index >= 15 is 0 Å². The van der Waals surface area contributed by atoms with Crippen molar-refractivity contribution in [1.82, 2.24) is 19.9 Å². The maximum absolute atomic E-state index is 11.4. The number of carboxylic acids is 1. The number of allylic oxidation sites excluding steroid dienone is 3. The van der Waals surface area contributed by atoms with Crippen LogP contribution in [-0.2, 0) is 4.79 Å². The van der Waals surface area contributed by atoms with Crippen molar-refractivity contribution < 1.29 is 9.90 Å². The summed E-state index contributed by atoms with van der Waals surface area (Å²) in [5.74, 6) is -0.825. The van der Waals surface area contributed by atoms with Gasteiger partial charge in [-0.25, -0.2) is 9.97 Å². The minimum absolute atomic E-state index is 0.0130. The van der Waals surface area contributed by atoms with Gasteiger partial charge in [0, 0.05) is 39.0 Å². The fourth-order valence-corrected chi connectivity index (χ4v) is 6.31. The van der Waals surface area contributed by atoms with Gasteiger partial charge >= 0.3 is 5.97 Å². The highest BCUT2D eigenvalue weighted by atomic mass is 32.1. The van der Waals surface area contributed by atoms with Gasteiger partial charge < -0.3 is 15.1 Å². The van der Waals surface area contributed by atoms with E-state index in [4.69, 9.17) is 35.2 Å². The average Bonchev–Trinajstić information content (AvgIpc) is 3.52. The van der Waals surface area contributed by atoms with Crippen molar-refractivity contribution in [3.8, 4) is 0 Å². The lowest BCUT2D eigenvalue weighted by Crippen LogP contribution is -1.95. The van der Waals surface area contributed by atoms with Crippen LogP contribution in [0.1, 0.15) is 85.3 Å². The number of carbonyl (C=O) groups is 1. The molecular weight excluding hydrogens is 525 g/mol. The zero-order valence-corrected chi connectivity index (χ0v) is 24.9. The Kier molecular flexibility index (Phi) is 7.29. The van der Waals surface area contributed by atoms with E-state index in [9.17, 15) is 9.90 Å². The van der Waals surface area contributed by atoms with Gasteiger partial charge in [0.25, 0.3) is 0 Å². The normalized spacial score (nSPS) is 15.2. The van der Waals surface area contributed by atoms with Crippen molar-refractivity contribution in [3.63, 3.8) is 0 Å². The number of rotatable bonds is 5. The number of hydrogen-bond acceptors (Lipinski definition) is 5. The van der Waals surface area contributed by atoms with Gasteiger partial charge in [-0.3, -0.25) is 4.79 Å². The van der Waals surface area contributed by atoms with Crippen LogP contribution in [-0.4, -0.2) is 36.3 Å². The first-order chi connectivity index (χ1) is 18.4. The summed E-state index contributed by atoms with van der Waals surface area (Å²) in [5, 5.41) is 9.40. The summed E-state index contributed by atoms with van der Waals surface area (Å²) >= 11 is 9.61. The summed E-state index contributed by atoms with van der Waals surface area (Å²) in [7, 11) is 0. The zero-order valence-electron chi connectivity index (χ0n) is 23.1. The van der Waals surface area contributed by atoms with E-state index in [-0.39, 0.29) is 16.9 Å². The van der Waals surface area contributed by atoms with Crippen molar-refractivity contribution >= 4 is 75.6 Å². The molecule has 6 nitrogen and oxygen atoms in total. The highest BCUT2D eigenvalue weighted by molar-refractivity contribution is 7.81. The molecule has 5 rings (SSSR count). The van der Waals surface area contributed by atoms with Crippen molar-refractivity contribution in [2.45, 2.75) is 64.9 Å². The van der Waals surface area contributed by atoms with E-state index in [0.29, 0.717) is 6.42 Å². The third kappa shape index (κ3) is 5.08. The average molecular weight is 559 g/mol. The monoisotopic (exact) mass is 558 g/mol. The van der Waals surface area contributed by atoms with Crippen LogP contribution < -0.4 is 0 Å². The summed E-state index contributed by atoms with van der Waals surface area (Å²) in [4.78, 5) is 28.6. The van der Waals surface area contributed by atoms with Crippen LogP contribution in [0.25, 0.3) is 44.4 Å². The molecule has 2 atom stereocenters. The molecule has 0 saturated heterocycles. The maximum Gasteiger partial charge on any atom is 0.303 e. The van der Waals surface area contributed by atoms with Gasteiger partial charge in [0.15, 0.2) is 0 Å². The van der Waals surface area contributed by atoms with Crippen LogP contribution in [0.2, 0.25) is 0 Å². The molecule has 39 heavy (non-hydrogen) atoms. The predicted octanol–water partition coefficient (Wildman–Crippen LogP) is 7.97. The molecule has 2 aliphatic heterocycles. The molecule has 3 aromatic rings. The molecule has 0 spiro atoms. The van der Waals surface area contributed by atoms with Crippen molar-refractivity contribution in [1.29, 1.82) is 0 Å². The molecule has 3 aromatic heterocycles. The Morgan fingerprint density at radius 3 is 2.18 bits per heavy atom. The fourth-order valence-electron chi connectivity index (χ4n) is 5.65. The number of aliphatic carboxylic acids is 1. The highest BCUT2D eigenvalue weighted by Crippen LogP contribution is 2.38. The van der Waals surface area contributed by atoms with E-state index in [1.807, 2.05) is 19.1 Å². The first-order valence-electron chi connectivity index (χ1n) is 13.2. The minimum atomic E-state index is -0.825. The first-order valence-corrected chi connectivity index (χ1v) is 14.2. The van der Waals surface area contributed by atoms with Gasteiger partial charge in [-0.1, -0.05) is 0 Å². The Labute approximate surface area is 239 Å². The number of aryl methyl sites for hydroxylation is 2. The predicted molar refractivity (Wildman–Crippen MR) is 168 cm³/mol. The first kappa shape index (κ1) is 27.3. The fraction of sp³-hybridized carbons (Fsp3) is 0.323. The molecule has 0 unspecified atom stereocenters. The molecule has 3 N–H and O–H groups in total. The molecule has 0 aromatic carbocycles. The largest absolute Gasteiger partial charge is 0.481 e. The van der Waals surface area contributed by atoms with Gasteiger partial charge in [-0.15, -0.1) is 0 Å². The van der Waals surface area contributed by atoms with E-state index in [1.54, 1.807) is 0 Å². The molecule has 8 bridgehead atoms. The Morgan fingerprint density at radius 2 is 1.51 bits per heavy atom. The maximum atomic E-state index is 11.4. The Bertz CT molecular complexity index is 1740. The molecule has 0 aliphatic carbocycles. The zero-order chi connectivity index (χ0) is 28.2. The molecule has 0 amide bonds. The number of nitrogens with one attached hydrogen (secondary N) is 2. The number of nitrogens with zero attached hydrogens (tertiary/aromatic N) is 2. The number of fused-ring (bicyclic) bond motifs is 8. The van der Waals surface area contributed by atoms with Gasteiger partial charge in [-0.05, 0) is 117 Å². The van der Waals surface area contributed by atoms with E-state index in [0.717, 1.165) is 83.8 Å². The molecule has 2 aliphatic rings. The van der Waals surface area contributed by atoms with Crippen LogP contribution in [0.3, 0.4) is 0 Å². The molecular formula is C31H34N4O2S2. The summed E-state index contributed by atoms with van der Waals surface area (Å²) < 4.78 is 0. The van der Waals surface area contributed by atoms with Crippen LogP contribution in [0.4, 0.5) is 0 Å². The lowest BCUT2D eigenvalue weighted by Gasteiger charge is -2.07. The van der Waals surface area contributed by atoms with Gasteiger partial charge in [0.1, 0.15) is 0 Å². The molecule has 8 heteroatoms. The Hall–Kier alpha value is -3.23. The second-order valence-electron chi connectivity index (χ2n) is 10.5. The third-order valence-corrected chi connectivity index (χ3v) is 8.21. The van der Waals surface area contributed by atoms with Crippen molar-refractivity contribution in [3.05, 3.63) is 69.8 Å². The lowest BCUT2D eigenvalue weighted by atomic mass is 10.00. The summed E-state index contributed by atoms with van der Waals surface area (Å²) in [6, 6.07) is 10.4. The smallest absolute Gasteiger partial charge is 0.303 e. The number of aromatic nitrogens is 4. The topological polar surface area (TPSA) is 94.7 Å². The van der Waals surface area contributed by atoms with Crippen LogP contribution in [0, 0.1) is 13.8 Å². The van der Waals surface area contributed by atoms with Crippen LogP contribution in [0.15, 0.2) is 30.3 Å². The minimum Gasteiger partial charge on any atom is -0.481 e. The van der Waals surface area contributed by atoms with Gasteiger partial charge in [0.05, 0.1) is 22.8 Å². The Balaban J connectivity index is 1.92. The summed E-state index contributed by atoms with van der Waals surface area (Å²) in [6.07, 6.45) is 0.452. The summed E-state index contributed by atoms with van der Waals surface area (Å²) in [5.41, 5.74) is 14.7. The Morgan fingerprint density at radius 1 is 0.821 bits per heavy atom. The highest BCUT2D eigenvalue weighted by Gasteiger charge is 2.23. The second-order valence-corrected chi connectivity index (χ2v) is 12.1. The molecule has 0 fully saturated rings. The van der Waals surface area contributed by atoms with Gasteiger partial charge in [0.2, 0.25) is 0 Å². The lowest BCUT2D eigenvalue weighted by molar-refractivity contribution is -0.136. The summed E-state index contributed by atoms with van der Waals surface area (Å²) in [6.45, 7) is 12.4. The molecule has 202 valence electrons. The molecule has 5 heterocycles. The number of thiol groups is 2. The number of carboxylic acid groups (broad SMARTS) is 1. The molecule has 0 radical (unpaired) electrons. The number of aromatic amines is 2.